The highest BCUT2D eigenvalue weighted by atomic mass is 32.1. The van der Waals surface area contributed by atoms with Crippen LogP contribution in [0.1, 0.15) is 26.6 Å². The minimum absolute atomic E-state index is 0.0528. The highest BCUT2D eigenvalue weighted by Crippen LogP contribution is 2.22. The Kier molecular flexibility index (Phi) is 7.59. The quantitative estimate of drug-likeness (QED) is 0.481. The number of amides is 2. The first-order valence-corrected chi connectivity index (χ1v) is 11.9. The number of nitrogens with zero attached hydrogens (tertiary/aromatic N) is 3. The lowest BCUT2D eigenvalue weighted by molar-refractivity contribution is -0.127. The SMILES string of the molecule is COc1cccc(C(=O)N2CCN(C(=O)/C=C/c3ccccc3OCc3csc(C)n3)CC2)c1. The van der Waals surface area contributed by atoms with E-state index >= 15 is 0 Å². The summed E-state index contributed by atoms with van der Waals surface area (Å²) in [6.45, 7) is 4.29. The van der Waals surface area contributed by atoms with Gasteiger partial charge in [-0.2, -0.15) is 0 Å². The molecule has 0 aliphatic carbocycles. The van der Waals surface area contributed by atoms with E-state index in [1.807, 2.05) is 42.6 Å². The van der Waals surface area contributed by atoms with E-state index in [0.29, 0.717) is 49.8 Å². The molecule has 0 saturated carbocycles. The molecule has 34 heavy (non-hydrogen) atoms. The molecule has 3 aromatic rings. The van der Waals surface area contributed by atoms with Crippen molar-refractivity contribution in [1.82, 2.24) is 14.8 Å². The molecule has 1 fully saturated rings. The largest absolute Gasteiger partial charge is 0.497 e. The summed E-state index contributed by atoms with van der Waals surface area (Å²) in [5, 5.41) is 2.98. The second-order valence-electron chi connectivity index (χ2n) is 7.87. The molecule has 1 aliphatic heterocycles. The third-order valence-corrected chi connectivity index (χ3v) is 6.38. The van der Waals surface area contributed by atoms with Crippen molar-refractivity contribution in [1.29, 1.82) is 0 Å². The van der Waals surface area contributed by atoms with Crippen LogP contribution in [0.5, 0.6) is 11.5 Å². The zero-order valence-electron chi connectivity index (χ0n) is 19.3. The Morgan fingerprint density at radius 2 is 1.82 bits per heavy atom. The summed E-state index contributed by atoms with van der Waals surface area (Å²) in [6.07, 6.45) is 3.34. The number of carbonyl (C=O) groups is 2. The molecule has 8 heteroatoms. The lowest BCUT2D eigenvalue weighted by Gasteiger charge is -2.34. The molecule has 0 spiro atoms. The van der Waals surface area contributed by atoms with Crippen LogP contribution in [0.15, 0.2) is 60.0 Å². The second kappa shape index (κ2) is 11.0. The normalized spacial score (nSPS) is 13.8. The maximum atomic E-state index is 12.8. The van der Waals surface area contributed by atoms with Gasteiger partial charge in [0.1, 0.15) is 18.1 Å². The summed E-state index contributed by atoms with van der Waals surface area (Å²) < 4.78 is 11.1. The zero-order chi connectivity index (χ0) is 23.9. The van der Waals surface area contributed by atoms with Gasteiger partial charge in [-0.15, -0.1) is 11.3 Å². The van der Waals surface area contributed by atoms with Crippen molar-refractivity contribution in [2.24, 2.45) is 0 Å². The molecule has 7 nitrogen and oxygen atoms in total. The molecular formula is C26H27N3O4S. The van der Waals surface area contributed by atoms with Gasteiger partial charge >= 0.3 is 0 Å². The number of thiazole rings is 1. The molecule has 0 N–H and O–H groups in total. The lowest BCUT2D eigenvalue weighted by atomic mass is 10.1. The van der Waals surface area contributed by atoms with Gasteiger partial charge in [0.25, 0.3) is 5.91 Å². The fourth-order valence-corrected chi connectivity index (χ4v) is 4.31. The predicted molar refractivity (Wildman–Crippen MR) is 132 cm³/mol. The number of aromatic nitrogens is 1. The third kappa shape index (κ3) is 5.82. The highest BCUT2D eigenvalue weighted by molar-refractivity contribution is 7.09. The van der Waals surface area contributed by atoms with Gasteiger partial charge < -0.3 is 19.3 Å². The minimum atomic E-state index is -0.0848. The number of methoxy groups -OCH3 is 1. The van der Waals surface area contributed by atoms with Crippen molar-refractivity contribution in [3.05, 3.63) is 81.8 Å². The van der Waals surface area contributed by atoms with E-state index in [9.17, 15) is 9.59 Å². The van der Waals surface area contributed by atoms with Crippen LogP contribution in [-0.2, 0) is 11.4 Å². The van der Waals surface area contributed by atoms with Crippen molar-refractivity contribution in [3.8, 4) is 11.5 Å². The van der Waals surface area contributed by atoms with Crippen molar-refractivity contribution >= 4 is 29.2 Å². The molecule has 176 valence electrons. The van der Waals surface area contributed by atoms with E-state index < -0.39 is 0 Å². The monoisotopic (exact) mass is 477 g/mol. The van der Waals surface area contributed by atoms with Crippen LogP contribution < -0.4 is 9.47 Å². The molecule has 0 unspecified atom stereocenters. The molecule has 0 atom stereocenters. The Morgan fingerprint density at radius 3 is 2.56 bits per heavy atom. The van der Waals surface area contributed by atoms with Gasteiger partial charge in [-0.3, -0.25) is 9.59 Å². The van der Waals surface area contributed by atoms with Crippen molar-refractivity contribution in [3.63, 3.8) is 0 Å². The Hall–Kier alpha value is -3.65. The highest BCUT2D eigenvalue weighted by Gasteiger charge is 2.24. The molecule has 4 rings (SSSR count). The third-order valence-electron chi connectivity index (χ3n) is 5.56. The fraction of sp³-hybridized carbons (Fsp3) is 0.269. The Labute approximate surface area is 203 Å². The molecule has 1 saturated heterocycles. The molecule has 0 bridgehead atoms. The number of piperazine rings is 1. The molecule has 0 radical (unpaired) electrons. The summed E-state index contributed by atoms with van der Waals surface area (Å²) in [5.74, 6) is 1.21. The number of benzene rings is 2. The molecular weight excluding hydrogens is 450 g/mol. The van der Waals surface area contributed by atoms with Crippen LogP contribution in [0.4, 0.5) is 0 Å². The Morgan fingerprint density at radius 1 is 1.06 bits per heavy atom. The number of hydrogen-bond acceptors (Lipinski definition) is 6. The zero-order valence-corrected chi connectivity index (χ0v) is 20.1. The summed E-state index contributed by atoms with van der Waals surface area (Å²) in [4.78, 5) is 33.5. The maximum absolute atomic E-state index is 12.8. The molecule has 1 aliphatic rings. The first-order valence-electron chi connectivity index (χ1n) is 11.1. The van der Waals surface area contributed by atoms with Gasteiger partial charge in [-0.25, -0.2) is 4.98 Å². The summed E-state index contributed by atoms with van der Waals surface area (Å²) in [5.41, 5.74) is 2.30. The van der Waals surface area contributed by atoms with E-state index in [4.69, 9.17) is 9.47 Å². The van der Waals surface area contributed by atoms with Gasteiger partial charge in [0.2, 0.25) is 5.91 Å². The Bertz CT molecular complexity index is 1180. The van der Waals surface area contributed by atoms with Crippen molar-refractivity contribution < 1.29 is 19.1 Å². The van der Waals surface area contributed by atoms with Gasteiger partial charge in [-0.1, -0.05) is 24.3 Å². The van der Waals surface area contributed by atoms with Crippen LogP contribution in [-0.4, -0.2) is 59.9 Å². The fourth-order valence-electron chi connectivity index (χ4n) is 3.71. The number of para-hydroxylation sites is 1. The van der Waals surface area contributed by atoms with Gasteiger partial charge in [0.15, 0.2) is 0 Å². The average Bonchev–Trinajstić information content (AvgIpc) is 3.31. The van der Waals surface area contributed by atoms with Crippen LogP contribution in [0.25, 0.3) is 6.08 Å². The van der Waals surface area contributed by atoms with Crippen molar-refractivity contribution in [2.75, 3.05) is 33.3 Å². The van der Waals surface area contributed by atoms with Gasteiger partial charge in [0, 0.05) is 48.8 Å². The number of carbonyl (C=O) groups excluding carboxylic acids is 2. The first-order chi connectivity index (χ1) is 16.5. The molecule has 2 amide bonds. The van der Waals surface area contributed by atoms with Crippen LogP contribution in [0, 0.1) is 6.92 Å². The molecule has 2 heterocycles. The van der Waals surface area contributed by atoms with E-state index in [0.717, 1.165) is 16.3 Å². The summed E-state index contributed by atoms with van der Waals surface area (Å²) >= 11 is 1.59. The predicted octanol–water partition coefficient (Wildman–Crippen LogP) is 4.04. The molecule has 1 aromatic heterocycles. The maximum Gasteiger partial charge on any atom is 0.254 e. The number of hydrogen-bond donors (Lipinski definition) is 0. The number of aryl methyl sites for hydroxylation is 1. The summed E-state index contributed by atoms with van der Waals surface area (Å²) in [7, 11) is 1.58. The van der Waals surface area contributed by atoms with E-state index in [1.165, 1.54) is 0 Å². The number of rotatable bonds is 7. The number of ether oxygens (including phenoxy) is 2. The standard InChI is InChI=1S/C26H27N3O4S/c1-19-27-22(18-34-19)17-33-24-9-4-3-6-20(24)10-11-25(30)28-12-14-29(15-13-28)26(31)21-7-5-8-23(16-21)32-2/h3-11,16,18H,12-15,17H2,1-2H3/b11-10+. The van der Waals surface area contributed by atoms with Crippen LogP contribution in [0.3, 0.4) is 0 Å². The van der Waals surface area contributed by atoms with Gasteiger partial charge in [-0.05, 0) is 37.3 Å². The van der Waals surface area contributed by atoms with E-state index in [-0.39, 0.29) is 11.8 Å². The smallest absolute Gasteiger partial charge is 0.254 e. The lowest BCUT2D eigenvalue weighted by Crippen LogP contribution is -2.50. The van der Waals surface area contributed by atoms with Crippen LogP contribution in [0.2, 0.25) is 0 Å². The van der Waals surface area contributed by atoms with E-state index in [2.05, 4.69) is 4.98 Å². The first kappa shape index (κ1) is 23.5. The minimum Gasteiger partial charge on any atom is -0.497 e. The topological polar surface area (TPSA) is 72.0 Å². The second-order valence-corrected chi connectivity index (χ2v) is 8.93. The molecule has 2 aromatic carbocycles. The van der Waals surface area contributed by atoms with Crippen molar-refractivity contribution in [2.45, 2.75) is 13.5 Å². The summed E-state index contributed by atoms with van der Waals surface area (Å²) in [6, 6.07) is 14.7. The average molecular weight is 478 g/mol. The Balaban J connectivity index is 1.32. The van der Waals surface area contributed by atoms with Gasteiger partial charge in [0.05, 0.1) is 17.8 Å². The van der Waals surface area contributed by atoms with Crippen LogP contribution >= 0.6 is 11.3 Å². The van der Waals surface area contributed by atoms with E-state index in [1.54, 1.807) is 58.6 Å².